The largest absolute Gasteiger partial charge is 2.00 e. The molecular formula is C40H68ClN7NiO10P2. The van der Waals surface area contributed by atoms with Crippen molar-refractivity contribution in [1.82, 2.24) is 23.8 Å². The minimum Gasteiger partial charge on any atom is -0.388 e. The van der Waals surface area contributed by atoms with E-state index < -0.39 is 55.7 Å². The topological polar surface area (TPSA) is 227 Å². The molecule has 350 valence electrons. The van der Waals surface area contributed by atoms with Crippen molar-refractivity contribution in [3.05, 3.63) is 79.0 Å². The van der Waals surface area contributed by atoms with Crippen LogP contribution < -0.4 is 22.5 Å². The van der Waals surface area contributed by atoms with Gasteiger partial charge in [0.15, 0.2) is 12.5 Å². The molecule has 2 saturated heterocycles. The van der Waals surface area contributed by atoms with Gasteiger partial charge < -0.3 is 42.0 Å². The van der Waals surface area contributed by atoms with Crippen LogP contribution in [0.25, 0.3) is 0 Å². The van der Waals surface area contributed by atoms with Gasteiger partial charge in [-0.15, -0.1) is 0 Å². The first kappa shape index (κ1) is 60.8. The van der Waals surface area contributed by atoms with Gasteiger partial charge in [-0.3, -0.25) is 28.7 Å². The quantitative estimate of drug-likeness (QED) is 0.0694. The molecule has 17 nitrogen and oxygen atoms in total. The number of aryl methyl sites for hydroxylation is 2. The molecule has 0 radical (unpaired) electrons. The predicted molar refractivity (Wildman–Crippen MR) is 237 cm³/mol. The Labute approximate surface area is 379 Å². The maximum absolute atomic E-state index is 12.5. The van der Waals surface area contributed by atoms with E-state index in [0.29, 0.717) is 37.0 Å². The molecule has 0 spiro atoms. The van der Waals surface area contributed by atoms with Gasteiger partial charge >= 0.3 is 27.9 Å². The van der Waals surface area contributed by atoms with Crippen LogP contribution in [0.5, 0.6) is 0 Å². The van der Waals surface area contributed by atoms with Crippen LogP contribution in [0.15, 0.2) is 31.6 Å². The number of aliphatic hydroxyl groups is 1. The molecule has 4 unspecified atom stereocenters. The second kappa shape index (κ2) is 34.2. The number of aromatic nitrogens is 4. The smallest absolute Gasteiger partial charge is 0.388 e. The molecule has 2 fully saturated rings. The molecule has 0 amide bonds. The molecule has 2 aromatic rings. The van der Waals surface area contributed by atoms with Crippen LogP contribution in [-0.4, -0.2) is 78.6 Å². The molecule has 0 bridgehead atoms. The van der Waals surface area contributed by atoms with Crippen molar-refractivity contribution in [2.75, 3.05) is 13.2 Å². The Morgan fingerprint density at radius 1 is 0.869 bits per heavy atom. The van der Waals surface area contributed by atoms with Gasteiger partial charge in [-0.2, -0.15) is 23.4 Å². The van der Waals surface area contributed by atoms with E-state index in [1.165, 1.54) is 21.5 Å². The second-order valence-electron chi connectivity index (χ2n) is 14.1. The molecule has 8 atom stereocenters. The fourth-order valence-electron chi connectivity index (χ4n) is 5.66. The first-order valence-electron chi connectivity index (χ1n) is 20.3. The van der Waals surface area contributed by atoms with Crippen molar-refractivity contribution in [3.8, 4) is 12.1 Å². The minimum atomic E-state index is -1.48. The van der Waals surface area contributed by atoms with Crippen LogP contribution in [0, 0.1) is 50.4 Å². The Morgan fingerprint density at radius 2 is 1.30 bits per heavy atom. The Balaban J connectivity index is 0. The summed E-state index contributed by atoms with van der Waals surface area (Å²) < 4.78 is 33.6. The number of nitriles is 2. The predicted octanol–water partition coefficient (Wildman–Crippen LogP) is 7.23. The van der Waals surface area contributed by atoms with Crippen LogP contribution in [0.2, 0.25) is 0 Å². The first-order valence-corrected chi connectivity index (χ1v) is 23.3. The van der Waals surface area contributed by atoms with Crippen molar-refractivity contribution < 1.29 is 44.6 Å². The average Bonchev–Trinajstić information content (AvgIpc) is 3.78. The number of ether oxygens (including phenoxy) is 2. The number of aromatic amines is 2. The third-order valence-electron chi connectivity index (χ3n) is 8.32. The zero-order valence-corrected chi connectivity index (χ0v) is 40.9. The van der Waals surface area contributed by atoms with Gasteiger partial charge in [-0.05, 0) is 54.4 Å². The van der Waals surface area contributed by atoms with E-state index in [-0.39, 0.29) is 62.0 Å². The van der Waals surface area contributed by atoms with Gasteiger partial charge in [-0.25, -0.2) is 14.3 Å². The summed E-state index contributed by atoms with van der Waals surface area (Å²) in [6.07, 6.45) is 5.68. The van der Waals surface area contributed by atoms with E-state index in [4.69, 9.17) is 40.3 Å². The fourth-order valence-corrected chi connectivity index (χ4v) is 7.79. The Hall–Kier alpha value is -2.30. The van der Waals surface area contributed by atoms with Gasteiger partial charge in [0.25, 0.3) is 19.6 Å². The molecule has 0 aromatic carbocycles. The van der Waals surface area contributed by atoms with Gasteiger partial charge in [0, 0.05) is 48.4 Å². The van der Waals surface area contributed by atoms with Gasteiger partial charge in [0.05, 0.1) is 50.4 Å². The molecule has 3 N–H and O–H groups in total. The van der Waals surface area contributed by atoms with Crippen LogP contribution in [0.3, 0.4) is 0 Å². The van der Waals surface area contributed by atoms with Gasteiger partial charge in [0.2, 0.25) is 0 Å². The number of rotatable bonds is 15. The third kappa shape index (κ3) is 21.8. The fraction of sp³-hybridized carbons (Fsp3) is 0.700. The van der Waals surface area contributed by atoms with E-state index in [0.717, 1.165) is 25.7 Å². The summed E-state index contributed by atoms with van der Waals surface area (Å²) in [6, 6.07) is 4.35. The third-order valence-corrected chi connectivity index (χ3v) is 11.1. The zero-order valence-electron chi connectivity index (χ0n) is 37.3. The number of hydrogen-bond acceptors (Lipinski definition) is 13. The van der Waals surface area contributed by atoms with Crippen LogP contribution in [0.4, 0.5) is 0 Å². The molecule has 21 heteroatoms. The summed E-state index contributed by atoms with van der Waals surface area (Å²) in [5, 5.41) is 26.7. The van der Waals surface area contributed by atoms with Crippen molar-refractivity contribution in [2.24, 2.45) is 0 Å². The number of nitrogens with zero attached hydrogens (tertiary/aromatic N) is 5. The Bertz CT molecular complexity index is 1810. The maximum Gasteiger partial charge on any atom is 2.00 e. The molecule has 61 heavy (non-hydrogen) atoms. The summed E-state index contributed by atoms with van der Waals surface area (Å²) in [4.78, 5) is 51.7. The number of nitrogens with one attached hydrogen (secondary N) is 2. The number of H-pyrrole nitrogens is 2. The molecule has 4 heterocycles. The van der Waals surface area contributed by atoms with E-state index in [2.05, 4.69) is 66.8 Å². The molecule has 0 saturated carbocycles. The average molecular weight is 963 g/mol. The Kier molecular flexibility index (Phi) is 34.0. The summed E-state index contributed by atoms with van der Waals surface area (Å²) in [6.45, 7) is 27.2. The summed E-state index contributed by atoms with van der Waals surface area (Å²) in [5.74, 6) is 0. The summed E-state index contributed by atoms with van der Waals surface area (Å²) >= 11 is 5.13. The van der Waals surface area contributed by atoms with Crippen molar-refractivity contribution in [2.45, 2.75) is 170 Å². The molecule has 4 rings (SSSR count). The van der Waals surface area contributed by atoms with E-state index >= 15 is 0 Å². The van der Waals surface area contributed by atoms with Crippen molar-refractivity contribution in [1.29, 1.82) is 10.5 Å². The molecule has 0 aliphatic carbocycles. The van der Waals surface area contributed by atoms with Gasteiger partial charge in [0.1, 0.15) is 20.4 Å². The molecule has 2 aliphatic heterocycles. The van der Waals surface area contributed by atoms with Crippen molar-refractivity contribution >= 4 is 27.9 Å². The van der Waals surface area contributed by atoms with Crippen LogP contribution >= 0.6 is 27.9 Å². The second-order valence-corrected chi connectivity index (χ2v) is 16.4. The van der Waals surface area contributed by atoms with Crippen LogP contribution in [0.1, 0.15) is 130 Å². The first-order chi connectivity index (χ1) is 28.5. The van der Waals surface area contributed by atoms with Crippen molar-refractivity contribution in [3.63, 3.8) is 0 Å². The normalized spacial score (nSPS) is 20.8. The standard InChI is InChI=1S/C20H33N4O5P.C11H16N2O4.C3H5ClNOP.2C3H7.Ni/c1-7-16-11-17(19(28-16)23-12-15(6)18(25)22-20(23)26)29-30(27-10-8-9-21)24(13(2)3)14(4)5;1-3-7-4-8(14)10(17-7)13-5-6(2)9(15)12-11(13)16;4-7-6-3-1-2-5;2*1-3-2;/h12-14,16-17,19H,7-8,10-11H2,1-6H3,(H,22,25,26);5,7-8,10,14H,3-4H2,1-2H3,(H,12,15,16);7H,1,3H2;2*1,3H2,2H3;/q;;;2*-1;+2/t16-,17?,19-,30?;7-,8?,10-;;;;/m11..../s1. The molecular weight excluding hydrogens is 895 g/mol. The number of aliphatic hydroxyl groups excluding tert-OH is 1. The zero-order chi connectivity index (χ0) is 45.9. The Morgan fingerprint density at radius 3 is 1.70 bits per heavy atom. The molecule has 2 aliphatic rings. The number of halogens is 1. The van der Waals surface area contributed by atoms with E-state index in [1.807, 2.05) is 33.8 Å². The summed E-state index contributed by atoms with van der Waals surface area (Å²) in [7, 11) is -1.49. The maximum atomic E-state index is 12.5. The SMILES string of the molecule is CC[C@@H]1CC(O)[C@H](n2cc(C)c(=O)[nH]c2=O)O1.CC[C@@H]1CC(OP(OCCC#N)N(C(C)C)C(C)C)[C@H](n2cc(C)c(=O)[nH]c2=O)O1.N#CCCOPCl.[CH2-]CC.[CH2-]CC.[Ni+2]. The monoisotopic (exact) mass is 961 g/mol. The van der Waals surface area contributed by atoms with E-state index in [9.17, 15) is 24.3 Å². The van der Waals surface area contributed by atoms with E-state index in [1.54, 1.807) is 13.8 Å². The summed E-state index contributed by atoms with van der Waals surface area (Å²) in [5.41, 5.74) is -1.06. The van der Waals surface area contributed by atoms with Crippen LogP contribution in [-0.2, 0) is 39.5 Å². The number of hydrogen-bond donors (Lipinski definition) is 3. The minimum absolute atomic E-state index is 0. The molecule has 2 aromatic heterocycles. The van der Waals surface area contributed by atoms with Gasteiger partial charge in [-0.1, -0.05) is 38.9 Å².